The van der Waals surface area contributed by atoms with Gasteiger partial charge < -0.3 is 9.84 Å². The van der Waals surface area contributed by atoms with Crippen molar-refractivity contribution in [2.45, 2.75) is 31.3 Å². The lowest BCUT2D eigenvalue weighted by Gasteiger charge is -2.04. The zero-order chi connectivity index (χ0) is 7.61. The van der Waals surface area contributed by atoms with Crippen LogP contribution in [0, 0.1) is 0 Å². The maximum Gasteiger partial charge on any atom is 0.305 e. The molecule has 3 heteroatoms. The van der Waals surface area contributed by atoms with Gasteiger partial charge in [0.25, 0.3) is 0 Å². The van der Waals surface area contributed by atoms with Crippen molar-refractivity contribution in [2.24, 2.45) is 0 Å². The SMILES string of the molecule is COC(=O)CCC1(O)CC1. The van der Waals surface area contributed by atoms with Gasteiger partial charge in [0.15, 0.2) is 0 Å². The Hall–Kier alpha value is -0.570. The summed E-state index contributed by atoms with van der Waals surface area (Å²) in [5, 5.41) is 9.27. The van der Waals surface area contributed by atoms with E-state index in [0.29, 0.717) is 12.8 Å². The number of hydrogen-bond donors (Lipinski definition) is 1. The molecule has 0 unspecified atom stereocenters. The molecule has 0 atom stereocenters. The summed E-state index contributed by atoms with van der Waals surface area (Å²) in [6.07, 6.45) is 2.57. The molecule has 58 valence electrons. The Morgan fingerprint density at radius 3 is 2.70 bits per heavy atom. The van der Waals surface area contributed by atoms with Crippen molar-refractivity contribution in [1.29, 1.82) is 0 Å². The molecule has 0 aromatic carbocycles. The van der Waals surface area contributed by atoms with Crippen molar-refractivity contribution < 1.29 is 14.6 Å². The van der Waals surface area contributed by atoms with E-state index in [1.54, 1.807) is 0 Å². The minimum absolute atomic E-state index is 0.236. The van der Waals surface area contributed by atoms with Crippen molar-refractivity contribution >= 4 is 5.97 Å². The molecule has 1 rings (SSSR count). The maximum absolute atomic E-state index is 10.6. The predicted molar refractivity (Wildman–Crippen MR) is 35.4 cm³/mol. The summed E-state index contributed by atoms with van der Waals surface area (Å²) in [6, 6.07) is 0. The Bertz CT molecular complexity index is 138. The number of hydrogen-bond acceptors (Lipinski definition) is 3. The van der Waals surface area contributed by atoms with Gasteiger partial charge in [0.1, 0.15) is 0 Å². The van der Waals surface area contributed by atoms with E-state index >= 15 is 0 Å². The number of carbonyl (C=O) groups excluding carboxylic acids is 1. The van der Waals surface area contributed by atoms with Crippen molar-refractivity contribution in [2.75, 3.05) is 7.11 Å². The Labute approximate surface area is 60.0 Å². The van der Waals surface area contributed by atoms with Crippen molar-refractivity contribution in [3.05, 3.63) is 0 Å². The third kappa shape index (κ3) is 1.99. The van der Waals surface area contributed by atoms with Gasteiger partial charge >= 0.3 is 5.97 Å². The average molecular weight is 144 g/mol. The maximum atomic E-state index is 10.6. The normalized spacial score (nSPS) is 20.2. The van der Waals surface area contributed by atoms with Crippen LogP contribution in [0.1, 0.15) is 25.7 Å². The van der Waals surface area contributed by atoms with Gasteiger partial charge in [-0.1, -0.05) is 0 Å². The Morgan fingerprint density at radius 2 is 2.30 bits per heavy atom. The second-order valence-electron chi connectivity index (χ2n) is 2.80. The zero-order valence-corrected chi connectivity index (χ0v) is 6.09. The van der Waals surface area contributed by atoms with Crippen LogP contribution in [0.5, 0.6) is 0 Å². The lowest BCUT2D eigenvalue weighted by molar-refractivity contribution is -0.141. The largest absolute Gasteiger partial charge is 0.469 e. The molecular weight excluding hydrogens is 132 g/mol. The van der Waals surface area contributed by atoms with Gasteiger partial charge in [0.05, 0.1) is 12.7 Å². The van der Waals surface area contributed by atoms with Crippen LogP contribution >= 0.6 is 0 Å². The summed E-state index contributed by atoms with van der Waals surface area (Å²) in [6.45, 7) is 0. The molecule has 0 aromatic heterocycles. The molecule has 0 amide bonds. The van der Waals surface area contributed by atoms with Crippen molar-refractivity contribution in [1.82, 2.24) is 0 Å². The van der Waals surface area contributed by atoms with Crippen LogP contribution in [-0.4, -0.2) is 23.8 Å². The van der Waals surface area contributed by atoms with Crippen LogP contribution < -0.4 is 0 Å². The first-order valence-corrected chi connectivity index (χ1v) is 3.45. The highest BCUT2D eigenvalue weighted by atomic mass is 16.5. The molecular formula is C7H12O3. The third-order valence-corrected chi connectivity index (χ3v) is 1.85. The van der Waals surface area contributed by atoms with E-state index in [2.05, 4.69) is 4.74 Å². The molecule has 0 radical (unpaired) electrons. The Balaban J connectivity index is 2.10. The molecule has 3 nitrogen and oxygen atoms in total. The molecule has 0 spiro atoms. The van der Waals surface area contributed by atoms with E-state index in [4.69, 9.17) is 0 Å². The van der Waals surface area contributed by atoms with Crippen LogP contribution in [0.25, 0.3) is 0 Å². The Morgan fingerprint density at radius 1 is 1.70 bits per heavy atom. The van der Waals surface area contributed by atoms with Crippen LogP contribution in [0.2, 0.25) is 0 Å². The van der Waals surface area contributed by atoms with Gasteiger partial charge in [-0.3, -0.25) is 4.79 Å². The molecule has 0 bridgehead atoms. The van der Waals surface area contributed by atoms with E-state index < -0.39 is 5.60 Å². The highest BCUT2D eigenvalue weighted by Crippen LogP contribution is 2.39. The number of methoxy groups -OCH3 is 1. The van der Waals surface area contributed by atoms with E-state index in [1.807, 2.05) is 0 Å². The van der Waals surface area contributed by atoms with Gasteiger partial charge in [-0.15, -0.1) is 0 Å². The second-order valence-corrected chi connectivity index (χ2v) is 2.80. The first kappa shape index (κ1) is 7.54. The fraction of sp³-hybridized carbons (Fsp3) is 0.857. The van der Waals surface area contributed by atoms with Gasteiger partial charge in [-0.2, -0.15) is 0 Å². The molecule has 0 aliphatic heterocycles. The quantitative estimate of drug-likeness (QED) is 0.585. The second kappa shape index (κ2) is 2.58. The first-order valence-electron chi connectivity index (χ1n) is 3.45. The predicted octanol–water partition coefficient (Wildman–Crippen LogP) is 0.464. The van der Waals surface area contributed by atoms with Crippen LogP contribution in [0.4, 0.5) is 0 Å². The van der Waals surface area contributed by atoms with E-state index in [-0.39, 0.29) is 5.97 Å². The van der Waals surface area contributed by atoms with Crippen molar-refractivity contribution in [3.63, 3.8) is 0 Å². The minimum atomic E-state index is -0.520. The summed E-state index contributed by atoms with van der Waals surface area (Å²) in [5.74, 6) is -0.236. The van der Waals surface area contributed by atoms with E-state index in [1.165, 1.54) is 7.11 Å². The zero-order valence-electron chi connectivity index (χ0n) is 6.09. The molecule has 1 fully saturated rings. The summed E-state index contributed by atoms with van der Waals surface area (Å²) in [5.41, 5.74) is -0.520. The number of rotatable bonds is 3. The minimum Gasteiger partial charge on any atom is -0.469 e. The number of aliphatic hydroxyl groups is 1. The topological polar surface area (TPSA) is 46.5 Å². The molecule has 1 aliphatic rings. The van der Waals surface area contributed by atoms with Crippen LogP contribution in [0.15, 0.2) is 0 Å². The fourth-order valence-corrected chi connectivity index (χ4v) is 0.831. The molecule has 1 aliphatic carbocycles. The monoisotopic (exact) mass is 144 g/mol. The molecule has 1 N–H and O–H groups in total. The highest BCUT2D eigenvalue weighted by molar-refractivity contribution is 5.69. The third-order valence-electron chi connectivity index (χ3n) is 1.85. The van der Waals surface area contributed by atoms with Gasteiger partial charge in [-0.05, 0) is 19.3 Å². The molecule has 0 heterocycles. The lowest BCUT2D eigenvalue weighted by Crippen LogP contribution is -2.10. The smallest absolute Gasteiger partial charge is 0.305 e. The first-order chi connectivity index (χ1) is 4.66. The summed E-state index contributed by atoms with van der Waals surface area (Å²) in [7, 11) is 1.36. The molecule has 0 saturated heterocycles. The Kier molecular flexibility index (Phi) is 1.94. The van der Waals surface area contributed by atoms with Crippen LogP contribution in [-0.2, 0) is 9.53 Å². The highest BCUT2D eigenvalue weighted by Gasteiger charge is 2.40. The summed E-state index contributed by atoms with van der Waals surface area (Å²) < 4.78 is 4.42. The van der Waals surface area contributed by atoms with Crippen molar-refractivity contribution in [3.8, 4) is 0 Å². The number of esters is 1. The number of carbonyl (C=O) groups is 1. The van der Waals surface area contributed by atoms with Crippen LogP contribution in [0.3, 0.4) is 0 Å². The summed E-state index contributed by atoms with van der Waals surface area (Å²) in [4.78, 5) is 10.6. The van der Waals surface area contributed by atoms with Gasteiger partial charge in [0, 0.05) is 6.42 Å². The molecule has 0 aromatic rings. The lowest BCUT2D eigenvalue weighted by atomic mass is 10.2. The average Bonchev–Trinajstić information content (AvgIpc) is 2.64. The van der Waals surface area contributed by atoms with Gasteiger partial charge in [0.2, 0.25) is 0 Å². The molecule has 1 saturated carbocycles. The van der Waals surface area contributed by atoms with E-state index in [0.717, 1.165) is 12.8 Å². The number of ether oxygens (including phenoxy) is 1. The fourth-order valence-electron chi connectivity index (χ4n) is 0.831. The van der Waals surface area contributed by atoms with E-state index in [9.17, 15) is 9.90 Å². The van der Waals surface area contributed by atoms with Gasteiger partial charge in [-0.25, -0.2) is 0 Å². The molecule has 10 heavy (non-hydrogen) atoms. The standard InChI is InChI=1S/C7H12O3/c1-10-6(8)2-3-7(9)4-5-7/h9H,2-5H2,1H3. The summed E-state index contributed by atoms with van der Waals surface area (Å²) >= 11 is 0.